The molecule has 7 nitrogen and oxygen atoms in total. The van der Waals surface area contributed by atoms with Crippen LogP contribution < -0.4 is 0 Å². The first-order valence-electron chi connectivity index (χ1n) is 8.18. The molecule has 1 fully saturated rings. The monoisotopic (exact) mass is 349 g/mol. The van der Waals surface area contributed by atoms with Crippen molar-refractivity contribution >= 4 is 10.2 Å². The van der Waals surface area contributed by atoms with Gasteiger partial charge in [-0.3, -0.25) is 0 Å². The van der Waals surface area contributed by atoms with Crippen molar-refractivity contribution < 1.29 is 8.42 Å². The Hall–Kier alpha value is -1.77. The van der Waals surface area contributed by atoms with Gasteiger partial charge in [-0.05, 0) is 37.5 Å². The first-order valence-corrected chi connectivity index (χ1v) is 9.58. The SMILES string of the molecule is C[C@H](c1ccc(-n2cncn2)cc1)N(C)S(=O)(=O)N1CCCCC1. The minimum absolute atomic E-state index is 0.235. The summed E-state index contributed by atoms with van der Waals surface area (Å²) in [5.74, 6) is 0. The van der Waals surface area contributed by atoms with Gasteiger partial charge in [-0.25, -0.2) is 9.67 Å². The Morgan fingerprint density at radius 2 is 1.79 bits per heavy atom. The molecule has 0 bridgehead atoms. The van der Waals surface area contributed by atoms with Crippen LogP contribution in [0.3, 0.4) is 0 Å². The Morgan fingerprint density at radius 3 is 2.38 bits per heavy atom. The Kier molecular flexibility index (Phi) is 4.98. The van der Waals surface area contributed by atoms with E-state index in [9.17, 15) is 8.42 Å². The van der Waals surface area contributed by atoms with Crippen molar-refractivity contribution in [1.82, 2.24) is 23.4 Å². The molecular weight excluding hydrogens is 326 g/mol. The highest BCUT2D eigenvalue weighted by atomic mass is 32.2. The molecule has 0 aliphatic carbocycles. The van der Waals surface area contributed by atoms with E-state index in [0.29, 0.717) is 13.1 Å². The van der Waals surface area contributed by atoms with Crippen LogP contribution >= 0.6 is 0 Å². The predicted molar refractivity (Wildman–Crippen MR) is 91.9 cm³/mol. The molecule has 2 heterocycles. The van der Waals surface area contributed by atoms with Crippen molar-refractivity contribution in [3.8, 4) is 5.69 Å². The third-order valence-corrected chi connectivity index (χ3v) is 6.67. The quantitative estimate of drug-likeness (QED) is 0.828. The number of hydrogen-bond acceptors (Lipinski definition) is 4. The van der Waals surface area contributed by atoms with E-state index in [1.165, 1.54) is 10.6 Å². The zero-order valence-electron chi connectivity index (χ0n) is 14.0. The van der Waals surface area contributed by atoms with Crippen LogP contribution in [0.2, 0.25) is 0 Å². The van der Waals surface area contributed by atoms with E-state index in [2.05, 4.69) is 10.1 Å². The van der Waals surface area contributed by atoms with Gasteiger partial charge in [0.1, 0.15) is 12.7 Å². The summed E-state index contributed by atoms with van der Waals surface area (Å²) >= 11 is 0. The Balaban J connectivity index is 1.76. The van der Waals surface area contributed by atoms with Gasteiger partial charge in [-0.15, -0.1) is 0 Å². The van der Waals surface area contributed by atoms with Crippen molar-refractivity contribution in [1.29, 1.82) is 0 Å². The van der Waals surface area contributed by atoms with E-state index in [1.807, 2.05) is 31.2 Å². The predicted octanol–water partition coefficient (Wildman–Crippen LogP) is 1.99. The molecule has 1 aliphatic heterocycles. The molecule has 1 aliphatic rings. The van der Waals surface area contributed by atoms with E-state index in [4.69, 9.17) is 0 Å². The smallest absolute Gasteiger partial charge is 0.223 e. The maximum absolute atomic E-state index is 12.8. The summed E-state index contributed by atoms with van der Waals surface area (Å²) in [5.41, 5.74) is 1.84. The second kappa shape index (κ2) is 7.00. The van der Waals surface area contributed by atoms with Gasteiger partial charge in [0, 0.05) is 26.2 Å². The van der Waals surface area contributed by atoms with E-state index in [1.54, 1.807) is 22.4 Å². The molecule has 24 heavy (non-hydrogen) atoms. The maximum Gasteiger partial charge on any atom is 0.282 e. The molecule has 130 valence electrons. The van der Waals surface area contributed by atoms with E-state index in [-0.39, 0.29) is 6.04 Å². The zero-order valence-corrected chi connectivity index (χ0v) is 14.9. The minimum atomic E-state index is -3.42. The third kappa shape index (κ3) is 3.35. The topological polar surface area (TPSA) is 71.3 Å². The average molecular weight is 349 g/mol. The van der Waals surface area contributed by atoms with Crippen molar-refractivity contribution in [3.63, 3.8) is 0 Å². The number of piperidine rings is 1. The lowest BCUT2D eigenvalue weighted by Crippen LogP contribution is -2.45. The van der Waals surface area contributed by atoms with Gasteiger partial charge in [-0.2, -0.15) is 22.1 Å². The number of nitrogens with zero attached hydrogens (tertiary/aromatic N) is 5. The van der Waals surface area contributed by atoms with Crippen LogP contribution in [0.1, 0.15) is 37.8 Å². The summed E-state index contributed by atoms with van der Waals surface area (Å²) in [6.45, 7) is 3.14. The molecule has 0 unspecified atom stereocenters. The van der Waals surface area contributed by atoms with Crippen LogP contribution in [0.4, 0.5) is 0 Å². The highest BCUT2D eigenvalue weighted by Crippen LogP contribution is 2.25. The second-order valence-electron chi connectivity index (χ2n) is 6.09. The number of hydrogen-bond donors (Lipinski definition) is 0. The molecule has 1 atom stereocenters. The summed E-state index contributed by atoms with van der Waals surface area (Å²) in [5, 5.41) is 4.09. The molecule has 2 aromatic rings. The summed E-state index contributed by atoms with van der Waals surface area (Å²) < 4.78 is 30.3. The van der Waals surface area contributed by atoms with Gasteiger partial charge < -0.3 is 0 Å². The summed E-state index contributed by atoms with van der Waals surface area (Å²) in [6.07, 6.45) is 6.10. The molecule has 1 aromatic carbocycles. The molecule has 0 radical (unpaired) electrons. The van der Waals surface area contributed by atoms with Gasteiger partial charge >= 0.3 is 0 Å². The van der Waals surface area contributed by atoms with Crippen LogP contribution in [0.5, 0.6) is 0 Å². The fraction of sp³-hybridized carbons (Fsp3) is 0.500. The van der Waals surface area contributed by atoms with Crippen LogP contribution in [0, 0.1) is 0 Å². The van der Waals surface area contributed by atoms with E-state index in [0.717, 1.165) is 30.5 Å². The lowest BCUT2D eigenvalue weighted by atomic mass is 10.1. The molecule has 1 saturated heterocycles. The summed E-state index contributed by atoms with van der Waals surface area (Å²) in [6, 6.07) is 7.47. The fourth-order valence-electron chi connectivity index (χ4n) is 2.93. The van der Waals surface area contributed by atoms with Gasteiger partial charge in [0.15, 0.2) is 0 Å². The van der Waals surface area contributed by atoms with E-state index >= 15 is 0 Å². The molecule has 8 heteroatoms. The summed E-state index contributed by atoms with van der Waals surface area (Å²) in [4.78, 5) is 3.93. The highest BCUT2D eigenvalue weighted by Gasteiger charge is 2.31. The second-order valence-corrected chi connectivity index (χ2v) is 8.08. The van der Waals surface area contributed by atoms with Crippen LogP contribution in [0.25, 0.3) is 5.69 Å². The van der Waals surface area contributed by atoms with Gasteiger partial charge in [0.2, 0.25) is 0 Å². The molecule has 0 saturated carbocycles. The molecule has 1 aromatic heterocycles. The highest BCUT2D eigenvalue weighted by molar-refractivity contribution is 7.86. The molecule has 0 amide bonds. The lowest BCUT2D eigenvalue weighted by Gasteiger charge is -2.33. The zero-order chi connectivity index (χ0) is 17.2. The number of benzene rings is 1. The molecule has 0 N–H and O–H groups in total. The number of rotatable bonds is 5. The first-order chi connectivity index (χ1) is 11.5. The van der Waals surface area contributed by atoms with Crippen LogP contribution in [-0.2, 0) is 10.2 Å². The first kappa shape index (κ1) is 17.1. The average Bonchev–Trinajstić information content (AvgIpc) is 3.16. The molecular formula is C16H23N5O2S. The fourth-order valence-corrected chi connectivity index (χ4v) is 4.54. The Bertz CT molecular complexity index is 752. The van der Waals surface area contributed by atoms with Gasteiger partial charge in [-0.1, -0.05) is 18.6 Å². The third-order valence-electron chi connectivity index (χ3n) is 4.61. The van der Waals surface area contributed by atoms with E-state index < -0.39 is 10.2 Å². The number of aromatic nitrogens is 3. The molecule has 3 rings (SSSR count). The standard InChI is InChI=1S/C16H23N5O2S/c1-14(19(2)24(22,23)20-10-4-3-5-11-20)15-6-8-16(9-7-15)21-13-17-12-18-21/h6-9,12-14H,3-5,10-11H2,1-2H3/t14-/m1/s1. The normalized spacial score (nSPS) is 18.0. The van der Waals surface area contributed by atoms with Crippen LogP contribution in [-0.4, -0.2) is 51.9 Å². The van der Waals surface area contributed by atoms with Gasteiger partial charge in [0.05, 0.1) is 5.69 Å². The van der Waals surface area contributed by atoms with Gasteiger partial charge in [0.25, 0.3) is 10.2 Å². The van der Waals surface area contributed by atoms with Crippen molar-refractivity contribution in [2.24, 2.45) is 0 Å². The maximum atomic E-state index is 12.8. The largest absolute Gasteiger partial charge is 0.282 e. The lowest BCUT2D eigenvalue weighted by molar-refractivity contribution is 0.297. The van der Waals surface area contributed by atoms with Crippen LogP contribution in [0.15, 0.2) is 36.9 Å². The van der Waals surface area contributed by atoms with Crippen molar-refractivity contribution in [2.75, 3.05) is 20.1 Å². The Morgan fingerprint density at radius 1 is 1.12 bits per heavy atom. The summed E-state index contributed by atoms with van der Waals surface area (Å²) in [7, 11) is -1.77. The Labute approximate surface area is 143 Å². The van der Waals surface area contributed by atoms with Crippen molar-refractivity contribution in [2.45, 2.75) is 32.2 Å². The van der Waals surface area contributed by atoms with Crippen molar-refractivity contribution in [3.05, 3.63) is 42.5 Å². The minimum Gasteiger partial charge on any atom is -0.223 e. The molecule has 0 spiro atoms.